The largest absolute Gasteiger partial charge is 0.447 e. The van der Waals surface area contributed by atoms with Crippen molar-refractivity contribution in [3.8, 4) is 6.07 Å². The molecule has 0 radical (unpaired) electrons. The quantitative estimate of drug-likeness (QED) is 0.742. The zero-order valence-electron chi connectivity index (χ0n) is 15.9. The minimum atomic E-state index is -0.788. The van der Waals surface area contributed by atoms with Gasteiger partial charge in [-0.1, -0.05) is 0 Å². The Bertz CT molecular complexity index is 956. The van der Waals surface area contributed by atoms with E-state index in [9.17, 15) is 23.6 Å². The number of carbonyl (C=O) groups is 2. The molecule has 158 valence electrons. The number of rotatable bonds is 6. The molecule has 2 aromatic rings. The lowest BCUT2D eigenvalue weighted by atomic mass is 9.93. The van der Waals surface area contributed by atoms with E-state index in [4.69, 9.17) is 10.5 Å². The van der Waals surface area contributed by atoms with Crippen molar-refractivity contribution in [2.75, 3.05) is 31.7 Å². The molecule has 1 aliphatic heterocycles. The van der Waals surface area contributed by atoms with Crippen LogP contribution in [0.25, 0.3) is 0 Å². The summed E-state index contributed by atoms with van der Waals surface area (Å²) in [6.45, 7) is -0.756. The molecular formula is C19H20F2N6O3. The maximum atomic E-state index is 13.1. The highest BCUT2D eigenvalue weighted by molar-refractivity contribution is 5.98. The minimum absolute atomic E-state index is 0.0770. The summed E-state index contributed by atoms with van der Waals surface area (Å²) in [5.41, 5.74) is 6.02. The number of anilines is 2. The second kappa shape index (κ2) is 9.21. The summed E-state index contributed by atoms with van der Waals surface area (Å²) in [6.07, 6.45) is 1.08. The Hall–Kier alpha value is -3.68. The number of aromatic nitrogens is 2. The predicted octanol–water partition coefficient (Wildman–Crippen LogP) is 2.36. The molecule has 1 saturated heterocycles. The van der Waals surface area contributed by atoms with Gasteiger partial charge in [0.1, 0.15) is 24.7 Å². The standard InChI is InChI=1S/C19H20F2N6O3/c20-6-8-30-19(29)26-7-5-12(9-22)16(11-26)27-10-15(17(23)28)18(25-27)24-14-3-1-13(21)2-4-14/h1-4,10,12,16H,5-8,11H2,(H2,23,28)(H,24,25)/t12-,16?/m0/s1. The average molecular weight is 418 g/mol. The first kappa shape index (κ1) is 21.0. The Morgan fingerprint density at radius 1 is 1.37 bits per heavy atom. The molecule has 1 fully saturated rings. The summed E-state index contributed by atoms with van der Waals surface area (Å²) < 4.78 is 31.6. The maximum Gasteiger partial charge on any atom is 0.409 e. The summed E-state index contributed by atoms with van der Waals surface area (Å²) in [5.74, 6) is -1.49. The van der Waals surface area contributed by atoms with Crippen LogP contribution in [-0.2, 0) is 4.74 Å². The molecule has 1 aromatic carbocycles. The normalized spacial score (nSPS) is 18.5. The molecule has 3 rings (SSSR count). The van der Waals surface area contributed by atoms with E-state index in [-0.39, 0.29) is 31.1 Å². The van der Waals surface area contributed by atoms with Gasteiger partial charge in [-0.25, -0.2) is 13.6 Å². The van der Waals surface area contributed by atoms with E-state index in [0.29, 0.717) is 12.1 Å². The fraction of sp³-hybridized carbons (Fsp3) is 0.368. The number of ether oxygens (including phenoxy) is 1. The number of nitrogens with zero attached hydrogens (tertiary/aromatic N) is 4. The third-order valence-corrected chi connectivity index (χ3v) is 4.75. The number of nitrogens with one attached hydrogen (secondary N) is 1. The van der Waals surface area contributed by atoms with E-state index in [2.05, 4.69) is 16.5 Å². The van der Waals surface area contributed by atoms with Crippen LogP contribution in [0.5, 0.6) is 0 Å². The number of primary amides is 1. The van der Waals surface area contributed by atoms with Crippen molar-refractivity contribution in [3.05, 3.63) is 41.8 Å². The van der Waals surface area contributed by atoms with Crippen LogP contribution in [-0.4, -0.2) is 53.1 Å². The molecule has 11 heteroatoms. The van der Waals surface area contributed by atoms with E-state index >= 15 is 0 Å². The number of nitriles is 1. The number of amides is 2. The SMILES string of the molecule is N#C[C@@H]1CCN(C(=O)OCCF)CC1n1cc(C(N)=O)c(Nc2ccc(F)cc2)n1. The molecule has 0 aliphatic carbocycles. The molecule has 0 saturated carbocycles. The lowest BCUT2D eigenvalue weighted by molar-refractivity contribution is 0.0722. The van der Waals surface area contributed by atoms with Crippen molar-refractivity contribution < 1.29 is 23.1 Å². The monoisotopic (exact) mass is 418 g/mol. The van der Waals surface area contributed by atoms with Gasteiger partial charge in [0.25, 0.3) is 5.91 Å². The van der Waals surface area contributed by atoms with Crippen molar-refractivity contribution >= 4 is 23.5 Å². The van der Waals surface area contributed by atoms with Gasteiger partial charge < -0.3 is 20.7 Å². The molecule has 2 atom stereocenters. The van der Waals surface area contributed by atoms with Gasteiger partial charge in [-0.15, -0.1) is 0 Å². The van der Waals surface area contributed by atoms with E-state index in [0.717, 1.165) is 0 Å². The van der Waals surface area contributed by atoms with Crippen LogP contribution in [0.4, 0.5) is 25.1 Å². The molecule has 9 nitrogen and oxygen atoms in total. The molecule has 2 heterocycles. The van der Waals surface area contributed by atoms with Gasteiger partial charge in [0.15, 0.2) is 5.82 Å². The summed E-state index contributed by atoms with van der Waals surface area (Å²) in [6, 6.07) is 7.06. The van der Waals surface area contributed by atoms with Gasteiger partial charge in [-0.2, -0.15) is 10.4 Å². The molecule has 3 N–H and O–H groups in total. The third kappa shape index (κ3) is 4.65. The van der Waals surface area contributed by atoms with Gasteiger partial charge in [0.2, 0.25) is 0 Å². The van der Waals surface area contributed by atoms with Crippen molar-refractivity contribution in [2.45, 2.75) is 12.5 Å². The molecule has 0 spiro atoms. The first-order chi connectivity index (χ1) is 14.4. The molecule has 0 bridgehead atoms. The van der Waals surface area contributed by atoms with Gasteiger partial charge >= 0.3 is 6.09 Å². The summed E-state index contributed by atoms with van der Waals surface area (Å²) in [4.78, 5) is 25.3. The van der Waals surface area contributed by atoms with Crippen molar-refractivity contribution in [3.63, 3.8) is 0 Å². The van der Waals surface area contributed by atoms with Crippen molar-refractivity contribution in [2.24, 2.45) is 11.7 Å². The molecule has 30 heavy (non-hydrogen) atoms. The van der Waals surface area contributed by atoms with E-state index < -0.39 is 36.5 Å². The fourth-order valence-corrected chi connectivity index (χ4v) is 3.24. The van der Waals surface area contributed by atoms with Gasteiger partial charge in [-0.3, -0.25) is 9.48 Å². The van der Waals surface area contributed by atoms with E-state index in [1.54, 1.807) is 0 Å². The van der Waals surface area contributed by atoms with Crippen LogP contribution in [0.2, 0.25) is 0 Å². The molecular weight excluding hydrogens is 398 g/mol. The average Bonchev–Trinajstić information content (AvgIpc) is 3.17. The minimum Gasteiger partial charge on any atom is -0.447 e. The highest BCUT2D eigenvalue weighted by Crippen LogP contribution is 2.30. The first-order valence-electron chi connectivity index (χ1n) is 9.21. The van der Waals surface area contributed by atoms with Crippen LogP contribution in [0.15, 0.2) is 30.5 Å². The lowest BCUT2D eigenvalue weighted by Crippen LogP contribution is -2.44. The third-order valence-electron chi connectivity index (χ3n) is 4.75. The number of hydrogen-bond acceptors (Lipinski definition) is 6. The van der Waals surface area contributed by atoms with Crippen molar-refractivity contribution in [1.29, 1.82) is 5.26 Å². The number of hydrogen-bond donors (Lipinski definition) is 2. The van der Waals surface area contributed by atoms with Crippen LogP contribution in [0, 0.1) is 23.1 Å². The molecule has 1 aliphatic rings. The number of nitrogens with two attached hydrogens (primary N) is 1. The van der Waals surface area contributed by atoms with Gasteiger partial charge in [0, 0.05) is 25.0 Å². The summed E-state index contributed by atoms with van der Waals surface area (Å²) in [7, 11) is 0. The van der Waals surface area contributed by atoms with Crippen LogP contribution < -0.4 is 11.1 Å². The number of carbonyl (C=O) groups excluding carboxylic acids is 2. The molecule has 1 unspecified atom stereocenters. The van der Waals surface area contributed by atoms with E-state index in [1.165, 1.54) is 40.0 Å². The zero-order chi connectivity index (χ0) is 21.7. The second-order valence-electron chi connectivity index (χ2n) is 6.71. The van der Waals surface area contributed by atoms with Crippen LogP contribution >= 0.6 is 0 Å². The van der Waals surface area contributed by atoms with Gasteiger partial charge in [0.05, 0.1) is 18.0 Å². The number of alkyl halides is 1. The highest BCUT2D eigenvalue weighted by atomic mass is 19.1. The lowest BCUT2D eigenvalue weighted by Gasteiger charge is -2.35. The number of benzene rings is 1. The topological polar surface area (TPSA) is 126 Å². The summed E-state index contributed by atoms with van der Waals surface area (Å²) in [5, 5.41) is 16.8. The predicted molar refractivity (Wildman–Crippen MR) is 102 cm³/mol. The Balaban J connectivity index is 1.86. The summed E-state index contributed by atoms with van der Waals surface area (Å²) >= 11 is 0. The van der Waals surface area contributed by atoms with Crippen LogP contribution in [0.3, 0.4) is 0 Å². The second-order valence-corrected chi connectivity index (χ2v) is 6.71. The molecule has 1 aromatic heterocycles. The first-order valence-corrected chi connectivity index (χ1v) is 9.21. The Morgan fingerprint density at radius 3 is 2.73 bits per heavy atom. The highest BCUT2D eigenvalue weighted by Gasteiger charge is 2.35. The number of halogens is 2. The molecule has 2 amide bonds. The number of piperidine rings is 1. The van der Waals surface area contributed by atoms with Gasteiger partial charge in [-0.05, 0) is 30.7 Å². The zero-order valence-corrected chi connectivity index (χ0v) is 15.9. The van der Waals surface area contributed by atoms with Crippen molar-refractivity contribution in [1.82, 2.24) is 14.7 Å². The Kier molecular flexibility index (Phi) is 6.46. The fourth-order valence-electron chi connectivity index (χ4n) is 3.24. The Morgan fingerprint density at radius 2 is 2.10 bits per heavy atom. The van der Waals surface area contributed by atoms with E-state index in [1.807, 2.05) is 0 Å². The smallest absolute Gasteiger partial charge is 0.409 e. The maximum absolute atomic E-state index is 13.1. The Labute approximate surface area is 171 Å². The number of likely N-dealkylation sites (tertiary alicyclic amines) is 1. The van der Waals surface area contributed by atoms with Crippen LogP contribution in [0.1, 0.15) is 22.8 Å².